The van der Waals surface area contributed by atoms with E-state index in [-0.39, 0.29) is 35.8 Å². The lowest BCUT2D eigenvalue weighted by atomic mass is 10.0. The van der Waals surface area contributed by atoms with E-state index in [1.807, 2.05) is 49.7 Å². The molecule has 0 saturated carbocycles. The van der Waals surface area contributed by atoms with Crippen molar-refractivity contribution in [3.8, 4) is 28.1 Å². The van der Waals surface area contributed by atoms with Crippen LogP contribution >= 0.6 is 23.2 Å². The van der Waals surface area contributed by atoms with E-state index in [0.29, 0.717) is 83.7 Å². The maximum Gasteiger partial charge on any atom is 0.307 e. The molecule has 2 aliphatic rings. The summed E-state index contributed by atoms with van der Waals surface area (Å²) in [5, 5.41) is 10.0. The van der Waals surface area contributed by atoms with E-state index < -0.39 is 0 Å². The number of rotatable bonds is 13. The number of carbonyl (C=O) groups excluding carboxylic acids is 3. The number of fused-ring (bicyclic) bond motifs is 1. The number of amides is 2. The van der Waals surface area contributed by atoms with Gasteiger partial charge >= 0.3 is 5.97 Å². The first-order valence-electron chi connectivity index (χ1n) is 17.4. The fourth-order valence-corrected chi connectivity index (χ4v) is 7.26. The number of pyridine rings is 1. The number of hydrogen-bond acceptors (Lipinski definition) is 9. The number of carbonyl (C=O) groups is 3. The van der Waals surface area contributed by atoms with Crippen molar-refractivity contribution in [1.82, 2.24) is 30.1 Å². The molecule has 1 fully saturated rings. The van der Waals surface area contributed by atoms with Gasteiger partial charge in [-0.25, -0.2) is 4.98 Å². The SMILES string of the molecule is COc1cc(-c2nccc(-c3cccc(NC(=O)c4nc5c(n4C)CCN(CCC(=O)OC(C)C)C5)c3Cl)c2Cl)ccc1CNCC1CCC(=O)N1. The molecule has 0 spiro atoms. The van der Waals surface area contributed by atoms with Crippen LogP contribution in [0.5, 0.6) is 5.75 Å². The normalized spacial score (nSPS) is 15.8. The quantitative estimate of drug-likeness (QED) is 0.145. The van der Waals surface area contributed by atoms with E-state index in [1.54, 1.807) is 31.5 Å². The molecule has 14 heteroatoms. The molecule has 0 bridgehead atoms. The Labute approximate surface area is 313 Å². The average molecular weight is 749 g/mol. The molecule has 274 valence electrons. The standard InChI is InChI=1S/C38H43Cl2N7O5/c1-22(2)52-33(49)14-17-47-16-13-30-29(21-47)44-37(46(30)3)38(50)45-28-7-5-6-26(34(28)39)27-12-15-42-36(35(27)40)23-8-9-24(31(18-23)51-4)19-41-20-25-10-11-32(48)43-25/h5-9,12,15,18,22,25,41H,10-11,13-14,16-17,19-21H2,1-4H3,(H,43,48)(H,45,50). The summed E-state index contributed by atoms with van der Waals surface area (Å²) in [7, 11) is 3.45. The Bertz CT molecular complexity index is 1980. The zero-order chi connectivity index (χ0) is 36.9. The average Bonchev–Trinajstić information content (AvgIpc) is 3.69. The van der Waals surface area contributed by atoms with Gasteiger partial charge in [0.05, 0.1) is 46.8 Å². The monoisotopic (exact) mass is 747 g/mol. The number of benzene rings is 2. The molecular weight excluding hydrogens is 705 g/mol. The summed E-state index contributed by atoms with van der Waals surface area (Å²) in [5.74, 6) is 0.432. The van der Waals surface area contributed by atoms with Crippen molar-refractivity contribution >= 4 is 46.7 Å². The second-order valence-electron chi connectivity index (χ2n) is 13.3. The van der Waals surface area contributed by atoms with E-state index in [9.17, 15) is 14.4 Å². The van der Waals surface area contributed by atoms with Crippen LogP contribution in [0.15, 0.2) is 48.7 Å². The Morgan fingerprint density at radius 1 is 1.10 bits per heavy atom. The molecule has 12 nitrogen and oxygen atoms in total. The Kier molecular flexibility index (Phi) is 11.8. The Morgan fingerprint density at radius 2 is 1.90 bits per heavy atom. The second kappa shape index (κ2) is 16.5. The number of imidazole rings is 1. The maximum atomic E-state index is 13.6. The van der Waals surface area contributed by atoms with Crippen LogP contribution in [-0.2, 0) is 40.9 Å². The van der Waals surface area contributed by atoms with Gasteiger partial charge in [-0.05, 0) is 38.5 Å². The van der Waals surface area contributed by atoms with Crippen molar-refractivity contribution in [3.63, 3.8) is 0 Å². The summed E-state index contributed by atoms with van der Waals surface area (Å²) in [6.45, 7) is 6.76. The second-order valence-corrected chi connectivity index (χ2v) is 14.1. The minimum absolute atomic E-state index is 0.0918. The fourth-order valence-electron chi connectivity index (χ4n) is 6.66. The highest BCUT2D eigenvalue weighted by atomic mass is 35.5. The van der Waals surface area contributed by atoms with Gasteiger partial charge in [0.2, 0.25) is 5.91 Å². The van der Waals surface area contributed by atoms with Gasteiger partial charge in [0, 0.05) is 92.8 Å². The number of hydrogen-bond donors (Lipinski definition) is 3. The van der Waals surface area contributed by atoms with Crippen LogP contribution in [0, 0.1) is 0 Å². The molecule has 1 saturated heterocycles. The molecule has 6 rings (SSSR count). The summed E-state index contributed by atoms with van der Waals surface area (Å²) < 4.78 is 12.8. The highest BCUT2D eigenvalue weighted by molar-refractivity contribution is 6.39. The lowest BCUT2D eigenvalue weighted by molar-refractivity contribution is -0.147. The highest BCUT2D eigenvalue weighted by Gasteiger charge is 2.27. The molecule has 0 radical (unpaired) electrons. The van der Waals surface area contributed by atoms with Crippen LogP contribution in [0.2, 0.25) is 10.0 Å². The third-order valence-electron chi connectivity index (χ3n) is 9.32. The summed E-state index contributed by atoms with van der Waals surface area (Å²) in [5.41, 5.74) is 5.79. The number of esters is 1. The van der Waals surface area contributed by atoms with Gasteiger partial charge in [0.15, 0.2) is 5.82 Å². The number of nitrogens with zero attached hydrogens (tertiary/aromatic N) is 4. The molecule has 3 N–H and O–H groups in total. The van der Waals surface area contributed by atoms with Crippen molar-refractivity contribution in [2.45, 2.75) is 64.8 Å². The van der Waals surface area contributed by atoms with Crippen LogP contribution in [0.25, 0.3) is 22.4 Å². The molecule has 1 atom stereocenters. The van der Waals surface area contributed by atoms with Gasteiger partial charge in [-0.3, -0.25) is 24.3 Å². The Hall–Kier alpha value is -4.49. The van der Waals surface area contributed by atoms with E-state index in [1.165, 1.54) is 0 Å². The van der Waals surface area contributed by atoms with Gasteiger partial charge in [-0.2, -0.15) is 0 Å². The number of methoxy groups -OCH3 is 1. The first-order valence-corrected chi connectivity index (χ1v) is 18.2. The number of anilines is 1. The van der Waals surface area contributed by atoms with Crippen molar-refractivity contribution in [1.29, 1.82) is 0 Å². The minimum atomic E-state index is -0.390. The van der Waals surface area contributed by atoms with Crippen molar-refractivity contribution in [3.05, 3.63) is 81.5 Å². The predicted molar refractivity (Wildman–Crippen MR) is 201 cm³/mol. The minimum Gasteiger partial charge on any atom is -0.496 e. The van der Waals surface area contributed by atoms with Gasteiger partial charge in [-0.1, -0.05) is 47.5 Å². The molecule has 2 aromatic heterocycles. The van der Waals surface area contributed by atoms with Gasteiger partial charge in [-0.15, -0.1) is 0 Å². The number of aromatic nitrogens is 3. The predicted octanol–water partition coefficient (Wildman–Crippen LogP) is 5.78. The third-order valence-corrected chi connectivity index (χ3v) is 10.1. The zero-order valence-electron chi connectivity index (χ0n) is 29.7. The molecule has 0 aliphatic carbocycles. The van der Waals surface area contributed by atoms with E-state index in [0.717, 1.165) is 35.5 Å². The Morgan fingerprint density at radius 3 is 2.65 bits per heavy atom. The lowest BCUT2D eigenvalue weighted by Gasteiger charge is -2.26. The molecule has 2 aromatic carbocycles. The number of nitrogens with one attached hydrogen (secondary N) is 3. The van der Waals surface area contributed by atoms with Crippen molar-refractivity contribution in [2.24, 2.45) is 7.05 Å². The van der Waals surface area contributed by atoms with Gasteiger partial charge < -0.3 is 30.0 Å². The zero-order valence-corrected chi connectivity index (χ0v) is 31.2. The Balaban J connectivity index is 1.16. The number of ether oxygens (including phenoxy) is 2. The first-order chi connectivity index (χ1) is 25.0. The van der Waals surface area contributed by atoms with E-state index in [4.69, 9.17) is 37.7 Å². The molecule has 2 amide bonds. The number of halogens is 2. The molecule has 2 aliphatic heterocycles. The van der Waals surface area contributed by atoms with Gasteiger partial charge in [0.25, 0.3) is 5.91 Å². The molecular formula is C38H43Cl2N7O5. The molecule has 52 heavy (non-hydrogen) atoms. The molecule has 4 aromatic rings. The topological polar surface area (TPSA) is 140 Å². The van der Waals surface area contributed by atoms with Crippen LogP contribution < -0.4 is 20.7 Å². The van der Waals surface area contributed by atoms with E-state index >= 15 is 0 Å². The van der Waals surface area contributed by atoms with Crippen molar-refractivity contribution < 1.29 is 23.9 Å². The van der Waals surface area contributed by atoms with Crippen LogP contribution in [0.1, 0.15) is 60.7 Å². The largest absolute Gasteiger partial charge is 0.496 e. The van der Waals surface area contributed by atoms with Crippen molar-refractivity contribution in [2.75, 3.05) is 32.1 Å². The summed E-state index contributed by atoms with van der Waals surface area (Å²) >= 11 is 14.0. The maximum absolute atomic E-state index is 13.6. The van der Waals surface area contributed by atoms with Crippen LogP contribution in [0.4, 0.5) is 5.69 Å². The highest BCUT2D eigenvalue weighted by Crippen LogP contribution is 2.41. The molecule has 1 unspecified atom stereocenters. The summed E-state index contributed by atoms with van der Waals surface area (Å²) in [6, 6.07) is 13.1. The van der Waals surface area contributed by atoms with Gasteiger partial charge in [0.1, 0.15) is 5.75 Å². The summed E-state index contributed by atoms with van der Waals surface area (Å²) in [4.78, 5) is 48.6. The fraction of sp³-hybridized carbons (Fsp3) is 0.395. The van der Waals surface area contributed by atoms with Crippen LogP contribution in [-0.4, -0.2) is 76.1 Å². The third kappa shape index (κ3) is 8.42. The van der Waals surface area contributed by atoms with E-state index in [2.05, 4.69) is 25.8 Å². The first kappa shape index (κ1) is 37.3. The van der Waals surface area contributed by atoms with Crippen LogP contribution in [0.3, 0.4) is 0 Å². The smallest absolute Gasteiger partial charge is 0.307 e. The summed E-state index contributed by atoms with van der Waals surface area (Å²) in [6.07, 6.45) is 3.92. The lowest BCUT2D eigenvalue weighted by Crippen LogP contribution is -2.35. The molecule has 4 heterocycles.